The summed E-state index contributed by atoms with van der Waals surface area (Å²) < 4.78 is 36.1. The fourth-order valence-corrected chi connectivity index (χ4v) is 4.61. The maximum absolute atomic E-state index is 13.2. The molecule has 0 amide bonds. The molecule has 2 heterocycles. The number of nitrogens with zero attached hydrogens (tertiary/aromatic N) is 2. The molecule has 0 radical (unpaired) electrons. The molecule has 170 valence electrons. The quantitative estimate of drug-likeness (QED) is 0.652. The number of ether oxygens (including phenoxy) is 2. The van der Waals surface area contributed by atoms with Crippen molar-refractivity contribution in [2.45, 2.75) is 31.5 Å². The number of benzene rings is 1. The first-order chi connectivity index (χ1) is 15.1. The minimum absolute atomic E-state index is 0.0411. The topological polar surface area (TPSA) is 117 Å². The number of carbonyl (C=O) groups excluding carboxylic acids is 2. The maximum Gasteiger partial charge on any atom is 0.337 e. The highest BCUT2D eigenvalue weighted by Crippen LogP contribution is 2.39. The molecule has 10 heteroatoms. The molecule has 1 atom stereocenters. The van der Waals surface area contributed by atoms with E-state index in [1.165, 1.54) is 24.9 Å². The number of esters is 2. The monoisotopic (exact) mass is 459 g/mol. The van der Waals surface area contributed by atoms with Crippen molar-refractivity contribution < 1.29 is 27.5 Å². The molecular weight excluding hydrogens is 434 g/mol. The lowest BCUT2D eigenvalue weighted by molar-refractivity contribution is -0.140. The van der Waals surface area contributed by atoms with Gasteiger partial charge >= 0.3 is 11.9 Å². The van der Waals surface area contributed by atoms with Gasteiger partial charge in [-0.25, -0.2) is 23.0 Å². The molecular formula is C22H25N3O6S. The van der Waals surface area contributed by atoms with Crippen molar-refractivity contribution in [2.75, 3.05) is 13.4 Å². The van der Waals surface area contributed by atoms with Crippen molar-refractivity contribution in [3.63, 3.8) is 0 Å². The van der Waals surface area contributed by atoms with Crippen LogP contribution in [0.5, 0.6) is 0 Å². The van der Waals surface area contributed by atoms with Gasteiger partial charge in [0.25, 0.3) is 0 Å². The molecule has 0 spiro atoms. The van der Waals surface area contributed by atoms with Gasteiger partial charge < -0.3 is 19.4 Å². The van der Waals surface area contributed by atoms with Crippen LogP contribution in [0.2, 0.25) is 0 Å². The van der Waals surface area contributed by atoms with E-state index in [9.17, 15) is 18.0 Å². The molecule has 0 fully saturated rings. The molecule has 1 aromatic carbocycles. The van der Waals surface area contributed by atoms with Crippen LogP contribution in [-0.2, 0) is 42.6 Å². The Labute approximate surface area is 186 Å². The summed E-state index contributed by atoms with van der Waals surface area (Å²) in [4.78, 5) is 29.9. The molecule has 1 aromatic heterocycles. The highest BCUT2D eigenvalue weighted by atomic mass is 32.2. The Hall–Kier alpha value is -3.40. The fraction of sp³-hybridized carbons (Fsp3) is 0.318. The van der Waals surface area contributed by atoms with Crippen LogP contribution in [0.3, 0.4) is 0 Å². The summed E-state index contributed by atoms with van der Waals surface area (Å²) in [7, 11) is -0.873. The van der Waals surface area contributed by atoms with E-state index < -0.39 is 27.7 Å². The fourth-order valence-electron chi connectivity index (χ4n) is 3.76. The molecule has 32 heavy (non-hydrogen) atoms. The van der Waals surface area contributed by atoms with E-state index in [4.69, 9.17) is 9.47 Å². The van der Waals surface area contributed by atoms with E-state index in [-0.39, 0.29) is 22.9 Å². The smallest absolute Gasteiger partial charge is 0.337 e. The third-order valence-electron chi connectivity index (χ3n) is 5.21. The Balaban J connectivity index is 2.10. The molecule has 3 rings (SSSR count). The molecule has 1 aliphatic rings. The number of hydrogen-bond acceptors (Lipinski definition) is 8. The Morgan fingerprint density at radius 1 is 1.09 bits per heavy atom. The Morgan fingerprint density at radius 2 is 1.69 bits per heavy atom. The molecule has 0 aliphatic carbocycles. The number of sulfone groups is 1. The van der Waals surface area contributed by atoms with Crippen LogP contribution in [0.4, 0.5) is 0 Å². The number of rotatable bonds is 6. The molecule has 1 N–H and O–H groups in total. The summed E-state index contributed by atoms with van der Waals surface area (Å²) in [5, 5.41) is 2.86. The van der Waals surface area contributed by atoms with Gasteiger partial charge in [0.15, 0.2) is 0 Å². The van der Waals surface area contributed by atoms with Gasteiger partial charge in [0.1, 0.15) is 6.61 Å². The van der Waals surface area contributed by atoms with E-state index in [1.807, 2.05) is 30.3 Å². The van der Waals surface area contributed by atoms with Gasteiger partial charge in [0.2, 0.25) is 15.0 Å². The zero-order valence-electron chi connectivity index (χ0n) is 18.5. The second kappa shape index (κ2) is 8.99. The maximum atomic E-state index is 13.2. The van der Waals surface area contributed by atoms with Crippen molar-refractivity contribution in [2.24, 2.45) is 7.05 Å². The van der Waals surface area contributed by atoms with Gasteiger partial charge in [-0.3, -0.25) is 0 Å². The lowest BCUT2D eigenvalue weighted by Gasteiger charge is -2.30. The highest BCUT2D eigenvalue weighted by Gasteiger charge is 2.40. The van der Waals surface area contributed by atoms with E-state index >= 15 is 0 Å². The van der Waals surface area contributed by atoms with Gasteiger partial charge in [-0.15, -0.1) is 0 Å². The van der Waals surface area contributed by atoms with Crippen LogP contribution in [0, 0.1) is 0 Å². The lowest BCUT2D eigenvalue weighted by atomic mass is 9.83. The minimum atomic E-state index is -3.63. The summed E-state index contributed by atoms with van der Waals surface area (Å²) in [6.07, 6.45) is 2.39. The third kappa shape index (κ3) is 4.45. The first-order valence-corrected chi connectivity index (χ1v) is 11.6. The predicted octanol–water partition coefficient (Wildman–Crippen LogP) is 1.97. The highest BCUT2D eigenvalue weighted by molar-refractivity contribution is 7.90. The zero-order valence-corrected chi connectivity index (χ0v) is 19.3. The first kappa shape index (κ1) is 23.3. The minimum Gasteiger partial charge on any atom is -0.466 e. The average molecular weight is 460 g/mol. The third-order valence-corrected chi connectivity index (χ3v) is 6.25. The van der Waals surface area contributed by atoms with Crippen molar-refractivity contribution in [1.82, 2.24) is 14.9 Å². The number of allylic oxidation sites excluding steroid dienone is 2. The molecule has 2 aromatic rings. The standard InChI is InChI=1S/C22H25N3O6S/c1-13-17(20(26)30-4)19(16-11-23-22(25(16)3)32(5,28)29)18(14(2)24-13)21(27)31-12-15-9-7-6-8-10-15/h6-11,19,24H,12H2,1-5H3. The SMILES string of the molecule is COC(=O)C1=C(C)NC(C)=C(C(=O)OCc2ccccc2)C1c1cnc(S(C)(=O)=O)n1C. The van der Waals surface area contributed by atoms with Gasteiger partial charge in [0.05, 0.1) is 36.1 Å². The van der Waals surface area contributed by atoms with Crippen molar-refractivity contribution in [1.29, 1.82) is 0 Å². The number of nitrogens with one attached hydrogen (secondary N) is 1. The summed E-state index contributed by atoms with van der Waals surface area (Å²) in [5.74, 6) is -2.22. The molecule has 1 unspecified atom stereocenters. The second-order valence-corrected chi connectivity index (χ2v) is 9.39. The summed E-state index contributed by atoms with van der Waals surface area (Å²) in [5.41, 5.74) is 2.47. The molecule has 0 saturated carbocycles. The molecule has 9 nitrogen and oxygen atoms in total. The summed E-state index contributed by atoms with van der Waals surface area (Å²) in [6, 6.07) is 9.19. The number of dihydropyridines is 1. The Morgan fingerprint density at radius 3 is 2.22 bits per heavy atom. The summed E-state index contributed by atoms with van der Waals surface area (Å²) >= 11 is 0. The van der Waals surface area contributed by atoms with Crippen LogP contribution in [0.1, 0.15) is 31.0 Å². The van der Waals surface area contributed by atoms with Crippen LogP contribution < -0.4 is 5.32 Å². The van der Waals surface area contributed by atoms with Crippen LogP contribution >= 0.6 is 0 Å². The van der Waals surface area contributed by atoms with Crippen molar-refractivity contribution in [3.8, 4) is 0 Å². The van der Waals surface area contributed by atoms with Crippen molar-refractivity contribution >= 4 is 21.8 Å². The van der Waals surface area contributed by atoms with E-state index in [0.717, 1.165) is 11.8 Å². The molecule has 0 bridgehead atoms. The van der Waals surface area contributed by atoms with Crippen LogP contribution in [0.15, 0.2) is 64.2 Å². The van der Waals surface area contributed by atoms with E-state index in [1.54, 1.807) is 13.8 Å². The number of hydrogen-bond donors (Lipinski definition) is 1. The van der Waals surface area contributed by atoms with Gasteiger partial charge in [-0.05, 0) is 19.4 Å². The van der Waals surface area contributed by atoms with Gasteiger partial charge in [-0.2, -0.15) is 0 Å². The van der Waals surface area contributed by atoms with Gasteiger partial charge in [-0.1, -0.05) is 30.3 Å². The van der Waals surface area contributed by atoms with E-state index in [0.29, 0.717) is 17.1 Å². The summed E-state index contributed by atoms with van der Waals surface area (Å²) in [6.45, 7) is 3.42. The average Bonchev–Trinajstić information content (AvgIpc) is 3.13. The van der Waals surface area contributed by atoms with Gasteiger partial charge in [0, 0.05) is 24.7 Å². The number of imidazole rings is 1. The largest absolute Gasteiger partial charge is 0.466 e. The van der Waals surface area contributed by atoms with Crippen LogP contribution in [-0.4, -0.2) is 43.3 Å². The normalized spacial score (nSPS) is 16.6. The number of methoxy groups -OCH3 is 1. The molecule has 1 aliphatic heterocycles. The number of carbonyl (C=O) groups is 2. The Kier molecular flexibility index (Phi) is 6.54. The molecule has 0 saturated heterocycles. The lowest BCUT2D eigenvalue weighted by Crippen LogP contribution is -2.33. The first-order valence-electron chi connectivity index (χ1n) is 9.75. The number of aromatic nitrogens is 2. The predicted molar refractivity (Wildman–Crippen MR) is 116 cm³/mol. The van der Waals surface area contributed by atoms with E-state index in [2.05, 4.69) is 10.3 Å². The van der Waals surface area contributed by atoms with Crippen molar-refractivity contribution in [3.05, 3.63) is 70.3 Å². The second-order valence-electron chi connectivity index (χ2n) is 7.49. The van der Waals surface area contributed by atoms with Crippen LogP contribution in [0.25, 0.3) is 0 Å². The Bertz CT molecular complexity index is 1230. The zero-order chi connectivity index (χ0) is 23.6.